The summed E-state index contributed by atoms with van der Waals surface area (Å²) in [6.07, 6.45) is -4.53. The van der Waals surface area contributed by atoms with E-state index in [4.69, 9.17) is 30.5 Å². The van der Waals surface area contributed by atoms with Gasteiger partial charge in [-0.05, 0) is 18.2 Å². The summed E-state index contributed by atoms with van der Waals surface area (Å²) in [7, 11) is 4.18. The summed E-state index contributed by atoms with van der Waals surface area (Å²) in [6, 6.07) is 6.69. The van der Waals surface area contributed by atoms with Crippen molar-refractivity contribution in [3.63, 3.8) is 0 Å². The van der Waals surface area contributed by atoms with Crippen LogP contribution in [0.3, 0.4) is 0 Å². The lowest BCUT2D eigenvalue weighted by molar-refractivity contribution is -0.153. The molecule has 2 rings (SSSR count). The van der Waals surface area contributed by atoms with Crippen LogP contribution in [0.2, 0.25) is 5.02 Å². The van der Waals surface area contributed by atoms with Gasteiger partial charge in [0, 0.05) is 17.2 Å². The largest absolute Gasteiger partial charge is 0.496 e. The van der Waals surface area contributed by atoms with E-state index < -0.39 is 18.7 Å². The minimum Gasteiger partial charge on any atom is -0.496 e. The molecule has 0 bridgehead atoms. The summed E-state index contributed by atoms with van der Waals surface area (Å²) in [4.78, 5) is 12.7. The van der Waals surface area contributed by atoms with E-state index in [1.54, 1.807) is 0 Å². The number of anilines is 1. The van der Waals surface area contributed by atoms with E-state index >= 15 is 0 Å². The van der Waals surface area contributed by atoms with Crippen molar-refractivity contribution in [1.29, 1.82) is 0 Å². The zero-order valence-electron chi connectivity index (χ0n) is 15.1. The molecule has 1 N–H and O–H groups in total. The first-order chi connectivity index (χ1) is 13.2. The van der Waals surface area contributed by atoms with Gasteiger partial charge in [0.15, 0.2) is 18.1 Å². The minimum atomic E-state index is -4.53. The standard InChI is InChI=1S/C18H17ClF3NO5/c1-25-14-8-16(27-3)15(26-2)7-11(14)17(24)23-12-6-10(19)4-5-13(12)28-9-18(20,21)22/h4-8H,9H2,1-3H3,(H,23,24). The van der Waals surface area contributed by atoms with Crippen molar-refractivity contribution in [1.82, 2.24) is 0 Å². The Morgan fingerprint density at radius 1 is 0.964 bits per heavy atom. The Morgan fingerprint density at radius 2 is 1.57 bits per heavy atom. The van der Waals surface area contributed by atoms with Gasteiger partial charge in [-0.1, -0.05) is 11.6 Å². The number of ether oxygens (including phenoxy) is 4. The first-order valence-electron chi connectivity index (χ1n) is 7.79. The first kappa shape index (κ1) is 21.5. The van der Waals surface area contributed by atoms with Crippen molar-refractivity contribution in [2.24, 2.45) is 0 Å². The van der Waals surface area contributed by atoms with Gasteiger partial charge in [0.05, 0.1) is 32.6 Å². The zero-order chi connectivity index (χ0) is 20.9. The smallest absolute Gasteiger partial charge is 0.422 e. The van der Waals surface area contributed by atoms with Crippen molar-refractivity contribution >= 4 is 23.2 Å². The molecule has 0 saturated heterocycles. The molecule has 0 aliphatic rings. The van der Waals surface area contributed by atoms with Crippen LogP contribution in [0.25, 0.3) is 0 Å². The van der Waals surface area contributed by atoms with E-state index in [1.807, 2.05) is 0 Å². The number of amides is 1. The molecule has 0 fully saturated rings. The molecule has 6 nitrogen and oxygen atoms in total. The lowest BCUT2D eigenvalue weighted by atomic mass is 10.1. The third-order valence-electron chi connectivity index (χ3n) is 3.53. The summed E-state index contributed by atoms with van der Waals surface area (Å²) in [5, 5.41) is 2.68. The van der Waals surface area contributed by atoms with Crippen molar-refractivity contribution in [2.75, 3.05) is 33.3 Å². The van der Waals surface area contributed by atoms with Crippen LogP contribution in [-0.2, 0) is 0 Å². The average Bonchev–Trinajstić information content (AvgIpc) is 2.65. The van der Waals surface area contributed by atoms with Gasteiger partial charge in [-0.25, -0.2) is 0 Å². The summed E-state index contributed by atoms with van der Waals surface area (Å²) in [5.74, 6) is -0.0673. The highest BCUT2D eigenvalue weighted by molar-refractivity contribution is 6.31. The Hall–Kier alpha value is -2.81. The van der Waals surface area contributed by atoms with Crippen molar-refractivity contribution in [3.05, 3.63) is 40.9 Å². The number of carbonyl (C=O) groups excluding carboxylic acids is 1. The van der Waals surface area contributed by atoms with Gasteiger partial charge < -0.3 is 24.3 Å². The second-order valence-corrected chi connectivity index (χ2v) is 5.84. The number of halogens is 4. The van der Waals surface area contributed by atoms with Crippen molar-refractivity contribution in [3.8, 4) is 23.0 Å². The highest BCUT2D eigenvalue weighted by Crippen LogP contribution is 2.36. The van der Waals surface area contributed by atoms with Gasteiger partial charge in [-0.3, -0.25) is 4.79 Å². The van der Waals surface area contributed by atoms with Gasteiger partial charge >= 0.3 is 6.18 Å². The van der Waals surface area contributed by atoms with E-state index in [0.29, 0.717) is 5.75 Å². The highest BCUT2D eigenvalue weighted by atomic mass is 35.5. The molecule has 0 radical (unpaired) electrons. The fourth-order valence-corrected chi connectivity index (χ4v) is 2.45. The average molecular weight is 420 g/mol. The van der Waals surface area contributed by atoms with E-state index in [-0.39, 0.29) is 33.5 Å². The Balaban J connectivity index is 2.36. The number of alkyl halides is 3. The van der Waals surface area contributed by atoms with Crippen LogP contribution >= 0.6 is 11.6 Å². The van der Waals surface area contributed by atoms with Crippen LogP contribution in [0.15, 0.2) is 30.3 Å². The Morgan fingerprint density at radius 3 is 2.14 bits per heavy atom. The lowest BCUT2D eigenvalue weighted by Gasteiger charge is -2.16. The molecule has 2 aromatic rings. The van der Waals surface area contributed by atoms with E-state index in [1.165, 1.54) is 51.7 Å². The van der Waals surface area contributed by atoms with E-state index in [0.717, 1.165) is 0 Å². The fraction of sp³-hybridized carbons (Fsp3) is 0.278. The maximum atomic E-state index is 12.7. The molecule has 0 aliphatic carbocycles. The molecule has 0 heterocycles. The van der Waals surface area contributed by atoms with Gasteiger partial charge in [-0.15, -0.1) is 0 Å². The monoisotopic (exact) mass is 419 g/mol. The zero-order valence-corrected chi connectivity index (χ0v) is 15.9. The molecule has 0 unspecified atom stereocenters. The number of carbonyl (C=O) groups is 1. The molecular formula is C18H17ClF3NO5. The molecule has 1 amide bonds. The molecule has 2 aromatic carbocycles. The molecule has 10 heteroatoms. The van der Waals surface area contributed by atoms with Crippen molar-refractivity contribution < 1.29 is 36.9 Å². The van der Waals surface area contributed by atoms with E-state index in [2.05, 4.69) is 5.32 Å². The Labute approximate surface area is 164 Å². The van der Waals surface area contributed by atoms with Gasteiger partial charge in [0.25, 0.3) is 5.91 Å². The van der Waals surface area contributed by atoms with Crippen LogP contribution in [0.1, 0.15) is 10.4 Å². The summed E-state index contributed by atoms with van der Waals surface area (Å²) < 4.78 is 57.6. The summed E-state index contributed by atoms with van der Waals surface area (Å²) in [6.45, 7) is -1.52. The van der Waals surface area contributed by atoms with Crippen LogP contribution in [0, 0.1) is 0 Å². The Bertz CT molecular complexity index is 858. The van der Waals surface area contributed by atoms with Crippen LogP contribution in [-0.4, -0.2) is 40.0 Å². The second-order valence-electron chi connectivity index (χ2n) is 5.41. The Kier molecular flexibility index (Phi) is 6.85. The maximum absolute atomic E-state index is 12.7. The highest BCUT2D eigenvalue weighted by Gasteiger charge is 2.29. The normalized spacial score (nSPS) is 11.0. The maximum Gasteiger partial charge on any atom is 0.422 e. The quantitative estimate of drug-likeness (QED) is 0.712. The van der Waals surface area contributed by atoms with Crippen molar-refractivity contribution in [2.45, 2.75) is 6.18 Å². The minimum absolute atomic E-state index is 0.0291. The molecule has 0 spiro atoms. The predicted octanol–water partition coefficient (Wildman–Crippen LogP) is 4.56. The molecule has 0 aliphatic heterocycles. The predicted molar refractivity (Wildman–Crippen MR) is 97.1 cm³/mol. The third kappa shape index (κ3) is 5.35. The molecule has 0 atom stereocenters. The summed E-state index contributed by atoms with van der Waals surface area (Å²) in [5.41, 5.74) is 0.0421. The SMILES string of the molecule is COc1cc(OC)c(C(=O)Nc2cc(Cl)ccc2OCC(F)(F)F)cc1OC. The number of hydrogen-bond donors (Lipinski definition) is 1. The molecular weight excluding hydrogens is 403 g/mol. The molecule has 152 valence electrons. The van der Waals surface area contributed by atoms with E-state index in [9.17, 15) is 18.0 Å². The number of benzene rings is 2. The van der Waals surface area contributed by atoms with Gasteiger partial charge in [-0.2, -0.15) is 13.2 Å². The number of methoxy groups -OCH3 is 3. The summed E-state index contributed by atoms with van der Waals surface area (Å²) >= 11 is 5.89. The van der Waals surface area contributed by atoms with Gasteiger partial charge in [0.2, 0.25) is 0 Å². The second kappa shape index (κ2) is 8.92. The third-order valence-corrected chi connectivity index (χ3v) is 3.77. The first-order valence-corrected chi connectivity index (χ1v) is 8.16. The number of hydrogen-bond acceptors (Lipinski definition) is 5. The fourth-order valence-electron chi connectivity index (χ4n) is 2.28. The van der Waals surface area contributed by atoms with Crippen LogP contribution < -0.4 is 24.3 Å². The molecule has 0 saturated carbocycles. The number of rotatable bonds is 7. The topological polar surface area (TPSA) is 66.0 Å². The van der Waals surface area contributed by atoms with Crippen LogP contribution in [0.4, 0.5) is 18.9 Å². The number of nitrogens with one attached hydrogen (secondary N) is 1. The van der Waals surface area contributed by atoms with Crippen LogP contribution in [0.5, 0.6) is 23.0 Å². The molecule has 28 heavy (non-hydrogen) atoms. The lowest BCUT2D eigenvalue weighted by Crippen LogP contribution is -2.20. The van der Waals surface area contributed by atoms with Gasteiger partial charge in [0.1, 0.15) is 11.5 Å². The molecule has 0 aromatic heterocycles.